The van der Waals surface area contributed by atoms with Crippen molar-refractivity contribution in [3.8, 4) is 5.75 Å². The van der Waals surface area contributed by atoms with Gasteiger partial charge in [-0.15, -0.1) is 0 Å². The molecule has 6 heteroatoms. The van der Waals surface area contributed by atoms with E-state index in [-0.39, 0.29) is 11.8 Å². The maximum Gasteiger partial charge on any atom is 0.255 e. The van der Waals surface area contributed by atoms with Crippen molar-refractivity contribution in [3.05, 3.63) is 54.0 Å². The number of methoxy groups -OCH3 is 1. The molecule has 1 aliphatic heterocycles. The zero-order chi connectivity index (χ0) is 17.6. The first-order valence-corrected chi connectivity index (χ1v) is 8.50. The molecule has 6 nitrogen and oxygen atoms in total. The van der Waals surface area contributed by atoms with E-state index in [1.54, 1.807) is 37.8 Å². The number of rotatable bonds is 6. The van der Waals surface area contributed by atoms with Gasteiger partial charge in [0.2, 0.25) is 0 Å². The first-order chi connectivity index (χ1) is 12.2. The first kappa shape index (κ1) is 17.5. The second-order valence-corrected chi connectivity index (χ2v) is 6.39. The van der Waals surface area contributed by atoms with Gasteiger partial charge < -0.3 is 19.6 Å². The fraction of sp³-hybridized carbons (Fsp3) is 0.421. The molecule has 0 radical (unpaired) electrons. The maximum atomic E-state index is 12.4. The van der Waals surface area contributed by atoms with Gasteiger partial charge in [0, 0.05) is 31.1 Å². The third-order valence-corrected chi connectivity index (χ3v) is 4.67. The molecule has 0 spiro atoms. The summed E-state index contributed by atoms with van der Waals surface area (Å²) in [5.41, 5.74) is 1.62. The van der Waals surface area contributed by atoms with Gasteiger partial charge in [0.05, 0.1) is 31.3 Å². The molecule has 2 aromatic rings. The quantitative estimate of drug-likeness (QED) is 0.837. The van der Waals surface area contributed by atoms with Crippen LogP contribution in [0.1, 0.15) is 22.3 Å². The molecular formula is C19H24N2O4. The predicted molar refractivity (Wildman–Crippen MR) is 93.4 cm³/mol. The van der Waals surface area contributed by atoms with Crippen molar-refractivity contribution in [2.45, 2.75) is 19.1 Å². The molecule has 0 saturated carbocycles. The number of nitrogens with zero attached hydrogens (tertiary/aromatic N) is 1. The van der Waals surface area contributed by atoms with Gasteiger partial charge in [0.1, 0.15) is 5.75 Å². The van der Waals surface area contributed by atoms with E-state index < -0.39 is 6.10 Å². The van der Waals surface area contributed by atoms with Crippen molar-refractivity contribution in [1.82, 2.24) is 10.2 Å². The van der Waals surface area contributed by atoms with E-state index in [0.29, 0.717) is 24.4 Å². The van der Waals surface area contributed by atoms with E-state index in [1.807, 2.05) is 12.1 Å². The van der Waals surface area contributed by atoms with E-state index in [2.05, 4.69) is 10.2 Å². The number of aliphatic hydroxyl groups excluding tert-OH is 1. The standard InChI is InChI=1S/C19H24N2O4/c1-24-18-5-3-2-4-16(18)19(23)20-10-15-6-8-21(12-17(15)22)11-14-7-9-25-13-14/h2-5,7,9,13,15,17,22H,6,8,10-12H2,1H3,(H,20,23)/t15-,17+/m0/s1. The van der Waals surface area contributed by atoms with E-state index >= 15 is 0 Å². The van der Waals surface area contributed by atoms with Gasteiger partial charge >= 0.3 is 0 Å². The Morgan fingerprint density at radius 1 is 1.40 bits per heavy atom. The molecule has 3 rings (SSSR count). The van der Waals surface area contributed by atoms with Gasteiger partial charge in [-0.2, -0.15) is 0 Å². The highest BCUT2D eigenvalue weighted by atomic mass is 16.5. The summed E-state index contributed by atoms with van der Waals surface area (Å²) in [5, 5.41) is 13.3. The maximum absolute atomic E-state index is 12.4. The molecule has 0 aliphatic carbocycles. The summed E-state index contributed by atoms with van der Waals surface area (Å²) in [7, 11) is 1.55. The number of amides is 1. The number of para-hydroxylation sites is 1. The summed E-state index contributed by atoms with van der Waals surface area (Å²) >= 11 is 0. The van der Waals surface area contributed by atoms with Crippen molar-refractivity contribution in [2.24, 2.45) is 5.92 Å². The molecule has 1 aliphatic rings. The topological polar surface area (TPSA) is 74.9 Å². The molecular weight excluding hydrogens is 320 g/mol. The zero-order valence-corrected chi connectivity index (χ0v) is 14.4. The van der Waals surface area contributed by atoms with Crippen LogP contribution in [0.5, 0.6) is 5.75 Å². The predicted octanol–water partition coefficient (Wildman–Crippen LogP) is 1.90. The molecule has 2 atom stereocenters. The van der Waals surface area contributed by atoms with Gasteiger partial charge in [-0.3, -0.25) is 9.69 Å². The lowest BCUT2D eigenvalue weighted by Gasteiger charge is -2.35. The highest BCUT2D eigenvalue weighted by Crippen LogP contribution is 2.21. The van der Waals surface area contributed by atoms with Crippen LogP contribution >= 0.6 is 0 Å². The lowest BCUT2D eigenvalue weighted by Crippen LogP contribution is -2.47. The number of furan rings is 1. The summed E-state index contributed by atoms with van der Waals surface area (Å²) in [6.45, 7) is 2.71. The minimum Gasteiger partial charge on any atom is -0.496 e. The number of nitrogens with one attached hydrogen (secondary N) is 1. The van der Waals surface area contributed by atoms with Crippen LogP contribution in [0.4, 0.5) is 0 Å². The number of β-amino-alcohol motifs (C(OH)–C–C–N with tert-alkyl or cyclic N) is 1. The van der Waals surface area contributed by atoms with Crippen LogP contribution in [0.2, 0.25) is 0 Å². The zero-order valence-electron chi connectivity index (χ0n) is 14.4. The molecule has 134 valence electrons. The number of likely N-dealkylation sites (tertiary alicyclic amines) is 1. The molecule has 1 amide bonds. The van der Waals surface area contributed by atoms with Crippen LogP contribution in [0.25, 0.3) is 0 Å². The smallest absolute Gasteiger partial charge is 0.255 e. The number of aliphatic hydroxyl groups is 1. The van der Waals surface area contributed by atoms with Gasteiger partial charge in [-0.1, -0.05) is 12.1 Å². The van der Waals surface area contributed by atoms with Crippen molar-refractivity contribution < 1.29 is 19.1 Å². The molecule has 1 aromatic carbocycles. The largest absolute Gasteiger partial charge is 0.496 e. The fourth-order valence-corrected chi connectivity index (χ4v) is 3.22. The normalized spacial score (nSPS) is 21.0. The second-order valence-electron chi connectivity index (χ2n) is 6.39. The number of ether oxygens (including phenoxy) is 1. The molecule has 1 saturated heterocycles. The number of hydrogen-bond acceptors (Lipinski definition) is 5. The molecule has 0 bridgehead atoms. The molecule has 1 aromatic heterocycles. The highest BCUT2D eigenvalue weighted by Gasteiger charge is 2.28. The molecule has 1 fully saturated rings. The third-order valence-electron chi connectivity index (χ3n) is 4.67. The lowest BCUT2D eigenvalue weighted by atomic mass is 9.93. The van der Waals surface area contributed by atoms with Gasteiger partial charge in [0.15, 0.2) is 0 Å². The summed E-state index contributed by atoms with van der Waals surface area (Å²) in [4.78, 5) is 14.6. The van der Waals surface area contributed by atoms with Crippen LogP contribution in [0, 0.1) is 5.92 Å². The van der Waals surface area contributed by atoms with Crippen molar-refractivity contribution in [2.75, 3.05) is 26.7 Å². The fourth-order valence-electron chi connectivity index (χ4n) is 3.22. The monoisotopic (exact) mass is 344 g/mol. The first-order valence-electron chi connectivity index (χ1n) is 8.50. The Hall–Kier alpha value is -2.31. The summed E-state index contributed by atoms with van der Waals surface area (Å²) in [6.07, 6.45) is 3.77. The van der Waals surface area contributed by atoms with E-state index in [4.69, 9.17) is 9.15 Å². The average Bonchev–Trinajstić information content (AvgIpc) is 3.13. The third kappa shape index (κ3) is 4.41. The Morgan fingerprint density at radius 2 is 2.24 bits per heavy atom. The Bertz CT molecular complexity index is 686. The minimum atomic E-state index is -0.460. The Labute approximate surface area is 147 Å². The van der Waals surface area contributed by atoms with Crippen LogP contribution in [-0.2, 0) is 6.54 Å². The molecule has 2 heterocycles. The number of carbonyl (C=O) groups is 1. The minimum absolute atomic E-state index is 0.0549. The Kier molecular flexibility index (Phi) is 5.73. The lowest BCUT2D eigenvalue weighted by molar-refractivity contribution is 0.0189. The van der Waals surface area contributed by atoms with Crippen LogP contribution in [0.3, 0.4) is 0 Å². The van der Waals surface area contributed by atoms with E-state index in [9.17, 15) is 9.90 Å². The van der Waals surface area contributed by atoms with Gasteiger partial charge in [-0.25, -0.2) is 0 Å². The summed E-state index contributed by atoms with van der Waals surface area (Å²) in [6, 6.07) is 9.07. The number of carbonyl (C=O) groups excluding carboxylic acids is 1. The summed E-state index contributed by atoms with van der Waals surface area (Å²) < 4.78 is 10.3. The summed E-state index contributed by atoms with van der Waals surface area (Å²) in [5.74, 6) is 0.431. The molecule has 25 heavy (non-hydrogen) atoms. The van der Waals surface area contributed by atoms with Gasteiger partial charge in [0.25, 0.3) is 5.91 Å². The van der Waals surface area contributed by atoms with Crippen molar-refractivity contribution in [1.29, 1.82) is 0 Å². The van der Waals surface area contributed by atoms with E-state index in [0.717, 1.165) is 25.1 Å². The highest BCUT2D eigenvalue weighted by molar-refractivity contribution is 5.96. The average molecular weight is 344 g/mol. The Balaban J connectivity index is 1.50. The van der Waals surface area contributed by atoms with E-state index in [1.165, 1.54) is 0 Å². The number of hydrogen-bond donors (Lipinski definition) is 2. The number of piperidine rings is 1. The Morgan fingerprint density at radius 3 is 2.96 bits per heavy atom. The van der Waals surface area contributed by atoms with Crippen LogP contribution < -0.4 is 10.1 Å². The SMILES string of the molecule is COc1ccccc1C(=O)NC[C@@H]1CCN(Cc2ccoc2)C[C@H]1O. The van der Waals surface area contributed by atoms with Gasteiger partial charge in [-0.05, 0) is 31.2 Å². The van der Waals surface area contributed by atoms with Crippen LogP contribution in [0.15, 0.2) is 47.3 Å². The second kappa shape index (κ2) is 8.18. The molecule has 0 unspecified atom stereocenters. The van der Waals surface area contributed by atoms with Crippen molar-refractivity contribution >= 4 is 5.91 Å². The molecule has 2 N–H and O–H groups in total. The van der Waals surface area contributed by atoms with Crippen LogP contribution in [-0.4, -0.2) is 48.8 Å². The number of benzene rings is 1. The van der Waals surface area contributed by atoms with Crippen molar-refractivity contribution in [3.63, 3.8) is 0 Å².